The van der Waals surface area contributed by atoms with E-state index in [4.69, 9.17) is 0 Å². The fraction of sp³-hybridized carbons (Fsp3) is 0.161. The highest BCUT2D eigenvalue weighted by molar-refractivity contribution is 7.15. The lowest BCUT2D eigenvalue weighted by Gasteiger charge is -2.17. The van der Waals surface area contributed by atoms with E-state index < -0.39 is 0 Å². The number of aryl methyl sites for hydroxylation is 2. The molecule has 0 spiro atoms. The predicted octanol–water partition coefficient (Wildman–Crippen LogP) is 6.80. The number of imidazole rings is 1. The van der Waals surface area contributed by atoms with Gasteiger partial charge in [0.15, 0.2) is 0 Å². The Kier molecular flexibility index (Phi) is 6.73. The second-order valence-corrected chi connectivity index (χ2v) is 11.0. The van der Waals surface area contributed by atoms with Gasteiger partial charge in [-0.15, -0.1) is 11.3 Å². The number of thiophene rings is 1. The van der Waals surface area contributed by atoms with Crippen LogP contribution < -0.4 is 10.6 Å². The summed E-state index contributed by atoms with van der Waals surface area (Å²) in [5.41, 5.74) is 5.82. The molecule has 40 heavy (non-hydrogen) atoms. The zero-order valence-corrected chi connectivity index (χ0v) is 23.1. The van der Waals surface area contributed by atoms with Crippen LogP contribution in [0.15, 0.2) is 79.4 Å². The third-order valence-corrected chi connectivity index (χ3v) is 8.14. The SMILES string of the molecule is Cc1cc([C@H](C)NC(=O)c2cccnc2NCc2ccc(-c3ccc4ncc5ncn(C)c5c4c3)s2)ccc1F. The molecule has 6 rings (SSSR count). The molecule has 0 unspecified atom stereocenters. The van der Waals surface area contributed by atoms with Crippen LogP contribution in [0.4, 0.5) is 10.2 Å². The molecule has 0 aliphatic rings. The van der Waals surface area contributed by atoms with Gasteiger partial charge in [-0.2, -0.15) is 0 Å². The molecule has 0 saturated heterocycles. The van der Waals surface area contributed by atoms with Gasteiger partial charge < -0.3 is 15.2 Å². The Labute approximate surface area is 234 Å². The highest BCUT2D eigenvalue weighted by Crippen LogP contribution is 2.32. The monoisotopic (exact) mass is 550 g/mol. The number of amides is 1. The Bertz CT molecular complexity index is 1880. The molecule has 2 aromatic carbocycles. The summed E-state index contributed by atoms with van der Waals surface area (Å²) in [6.45, 7) is 4.11. The molecule has 4 aromatic heterocycles. The molecule has 6 aromatic rings. The van der Waals surface area contributed by atoms with Crippen molar-refractivity contribution in [2.75, 3.05) is 5.32 Å². The van der Waals surface area contributed by atoms with Crippen molar-refractivity contribution < 1.29 is 9.18 Å². The summed E-state index contributed by atoms with van der Waals surface area (Å²) >= 11 is 1.69. The van der Waals surface area contributed by atoms with Crippen LogP contribution in [0.25, 0.3) is 32.4 Å². The number of carbonyl (C=O) groups excluding carboxylic acids is 1. The number of anilines is 1. The summed E-state index contributed by atoms with van der Waals surface area (Å²) in [5.74, 6) is -0.00268. The van der Waals surface area contributed by atoms with Crippen molar-refractivity contribution in [1.29, 1.82) is 0 Å². The first-order chi connectivity index (χ1) is 19.4. The number of halogens is 1. The number of hydrogen-bond donors (Lipinski definition) is 2. The van der Waals surface area contributed by atoms with Crippen molar-refractivity contribution in [2.24, 2.45) is 7.05 Å². The van der Waals surface area contributed by atoms with Crippen LogP contribution in [0.2, 0.25) is 0 Å². The van der Waals surface area contributed by atoms with Gasteiger partial charge in [0.1, 0.15) is 17.2 Å². The van der Waals surface area contributed by atoms with E-state index >= 15 is 0 Å². The second-order valence-electron chi connectivity index (χ2n) is 9.80. The number of fused-ring (bicyclic) bond motifs is 3. The third kappa shape index (κ3) is 4.91. The van der Waals surface area contributed by atoms with Crippen molar-refractivity contribution in [3.8, 4) is 10.4 Å². The number of nitrogens with one attached hydrogen (secondary N) is 2. The molecular formula is C31H27FN6OS. The fourth-order valence-electron chi connectivity index (χ4n) is 4.82. The van der Waals surface area contributed by atoms with Gasteiger partial charge in [-0.3, -0.25) is 9.78 Å². The normalized spacial score (nSPS) is 12.1. The summed E-state index contributed by atoms with van der Waals surface area (Å²) in [7, 11) is 1.99. The van der Waals surface area contributed by atoms with Crippen LogP contribution in [-0.4, -0.2) is 25.4 Å². The summed E-state index contributed by atoms with van der Waals surface area (Å²) in [6, 6.07) is 18.6. The minimum atomic E-state index is -0.288. The molecule has 200 valence electrons. The first-order valence-electron chi connectivity index (χ1n) is 12.9. The van der Waals surface area contributed by atoms with E-state index in [9.17, 15) is 9.18 Å². The Morgan fingerprint density at radius 1 is 1.05 bits per heavy atom. The lowest BCUT2D eigenvalue weighted by molar-refractivity contribution is 0.0940. The number of carbonyl (C=O) groups is 1. The molecule has 4 heterocycles. The maximum atomic E-state index is 13.7. The van der Waals surface area contributed by atoms with Crippen molar-refractivity contribution >= 4 is 45.0 Å². The van der Waals surface area contributed by atoms with E-state index in [-0.39, 0.29) is 17.8 Å². The van der Waals surface area contributed by atoms with Crippen molar-refractivity contribution in [2.45, 2.75) is 26.4 Å². The molecule has 2 N–H and O–H groups in total. The number of pyridine rings is 2. The van der Waals surface area contributed by atoms with Gasteiger partial charge in [0.05, 0.1) is 41.7 Å². The zero-order chi connectivity index (χ0) is 27.8. The highest BCUT2D eigenvalue weighted by Gasteiger charge is 2.17. The summed E-state index contributed by atoms with van der Waals surface area (Å²) in [5, 5.41) is 7.40. The van der Waals surface area contributed by atoms with Gasteiger partial charge in [0, 0.05) is 28.4 Å². The molecular weight excluding hydrogens is 523 g/mol. The van der Waals surface area contributed by atoms with Crippen LogP contribution >= 0.6 is 11.3 Å². The Morgan fingerprint density at radius 3 is 2.77 bits per heavy atom. The van der Waals surface area contributed by atoms with Gasteiger partial charge in [-0.25, -0.2) is 14.4 Å². The van der Waals surface area contributed by atoms with Gasteiger partial charge in [-0.05, 0) is 73.0 Å². The average Bonchev–Trinajstić information content (AvgIpc) is 3.60. The predicted molar refractivity (Wildman–Crippen MR) is 158 cm³/mol. The zero-order valence-electron chi connectivity index (χ0n) is 22.3. The van der Waals surface area contributed by atoms with Crippen LogP contribution in [-0.2, 0) is 13.6 Å². The highest BCUT2D eigenvalue weighted by atomic mass is 32.1. The summed E-state index contributed by atoms with van der Waals surface area (Å²) < 4.78 is 15.7. The maximum Gasteiger partial charge on any atom is 0.255 e. The summed E-state index contributed by atoms with van der Waals surface area (Å²) in [4.78, 5) is 28.8. The fourth-order valence-corrected chi connectivity index (χ4v) is 5.76. The van der Waals surface area contributed by atoms with Crippen LogP contribution in [0.5, 0.6) is 0 Å². The molecule has 0 bridgehead atoms. The number of hydrogen-bond acceptors (Lipinski definition) is 6. The van der Waals surface area contributed by atoms with Gasteiger partial charge >= 0.3 is 0 Å². The van der Waals surface area contributed by atoms with E-state index in [2.05, 4.69) is 49.9 Å². The molecule has 1 atom stereocenters. The largest absolute Gasteiger partial charge is 0.365 e. The average molecular weight is 551 g/mol. The number of benzene rings is 2. The van der Waals surface area contributed by atoms with E-state index in [0.29, 0.717) is 23.5 Å². The summed E-state index contributed by atoms with van der Waals surface area (Å²) in [6.07, 6.45) is 5.28. The third-order valence-electron chi connectivity index (χ3n) is 7.00. The molecule has 0 saturated carbocycles. The molecule has 0 fully saturated rings. The minimum absolute atomic E-state index is 0.247. The Balaban J connectivity index is 1.18. The molecule has 7 nitrogen and oxygen atoms in total. The first kappa shape index (κ1) is 25.6. The Morgan fingerprint density at radius 2 is 1.93 bits per heavy atom. The molecule has 0 aliphatic carbocycles. The van der Waals surface area contributed by atoms with E-state index in [0.717, 1.165) is 42.8 Å². The topological polar surface area (TPSA) is 84.7 Å². The minimum Gasteiger partial charge on any atom is -0.365 e. The quantitative estimate of drug-likeness (QED) is 0.229. The van der Waals surface area contributed by atoms with E-state index in [1.165, 1.54) is 6.07 Å². The first-order valence-corrected chi connectivity index (χ1v) is 13.7. The van der Waals surface area contributed by atoms with Crippen LogP contribution in [0.1, 0.15) is 39.3 Å². The molecule has 0 aliphatic heterocycles. The van der Waals surface area contributed by atoms with E-state index in [1.54, 1.807) is 48.7 Å². The maximum absolute atomic E-state index is 13.7. The number of aromatic nitrogens is 4. The standard InChI is InChI=1S/C31H27FN6OS/c1-18-13-20(6-9-25(18)32)19(2)37-31(39)23-5-4-12-33-30(23)35-15-22-8-11-28(40-22)21-7-10-26-24(14-21)29-27(16-34-26)36-17-38(29)3/h4-14,16-17,19H,15H2,1-3H3,(H,33,35)(H,37,39)/t19-/m0/s1. The number of rotatable bonds is 7. The van der Waals surface area contributed by atoms with Crippen LogP contribution in [0.3, 0.4) is 0 Å². The molecule has 1 amide bonds. The molecule has 9 heteroatoms. The smallest absolute Gasteiger partial charge is 0.255 e. The van der Waals surface area contributed by atoms with Gasteiger partial charge in [0.25, 0.3) is 5.91 Å². The van der Waals surface area contributed by atoms with Gasteiger partial charge in [-0.1, -0.05) is 18.2 Å². The Hall–Kier alpha value is -4.63. The lowest BCUT2D eigenvalue weighted by atomic mass is 10.0. The van der Waals surface area contributed by atoms with Crippen LogP contribution in [0, 0.1) is 12.7 Å². The number of nitrogens with zero attached hydrogens (tertiary/aromatic N) is 4. The van der Waals surface area contributed by atoms with E-state index in [1.807, 2.05) is 37.1 Å². The second kappa shape index (κ2) is 10.5. The van der Waals surface area contributed by atoms with Crippen molar-refractivity contribution in [1.82, 2.24) is 24.8 Å². The lowest BCUT2D eigenvalue weighted by Crippen LogP contribution is -2.27. The van der Waals surface area contributed by atoms with Gasteiger partial charge in [0.2, 0.25) is 0 Å². The van der Waals surface area contributed by atoms with Crippen molar-refractivity contribution in [3.63, 3.8) is 0 Å². The molecule has 0 radical (unpaired) electrons. The van der Waals surface area contributed by atoms with Crippen molar-refractivity contribution in [3.05, 3.63) is 107 Å².